The lowest BCUT2D eigenvalue weighted by Crippen LogP contribution is -2.51. The van der Waals surface area contributed by atoms with Crippen molar-refractivity contribution in [1.82, 2.24) is 15.5 Å². The van der Waals surface area contributed by atoms with E-state index < -0.39 is 6.04 Å². The summed E-state index contributed by atoms with van der Waals surface area (Å²) in [5, 5.41) is 6.72. The van der Waals surface area contributed by atoms with Gasteiger partial charge in [0, 0.05) is 23.8 Å². The molecule has 1 aromatic rings. The van der Waals surface area contributed by atoms with E-state index in [1.165, 1.54) is 31.2 Å². The Hall–Kier alpha value is -2.22. The quantitative estimate of drug-likeness (QED) is 0.699. The SMILES string of the molecule is C=C1CCC(N2Cc3cc(C[C@H]4CCCC[C@@H]4NC4CCC5COC4O5)ccc3C2=O)C(=O)N1. The van der Waals surface area contributed by atoms with Gasteiger partial charge in [0.1, 0.15) is 6.04 Å². The Balaban J connectivity index is 1.13. The first-order chi connectivity index (χ1) is 16.5. The van der Waals surface area contributed by atoms with E-state index in [9.17, 15) is 9.59 Å². The van der Waals surface area contributed by atoms with E-state index >= 15 is 0 Å². The number of hydrogen-bond donors (Lipinski definition) is 2. The molecule has 4 heterocycles. The molecule has 1 aliphatic carbocycles. The number of nitrogens with zero attached hydrogens (tertiary/aromatic N) is 1. The molecule has 4 unspecified atom stereocenters. The van der Waals surface area contributed by atoms with Crippen molar-refractivity contribution >= 4 is 11.8 Å². The Morgan fingerprint density at radius 1 is 1.09 bits per heavy atom. The molecule has 1 aromatic carbocycles. The monoisotopic (exact) mass is 465 g/mol. The van der Waals surface area contributed by atoms with Crippen LogP contribution in [0.4, 0.5) is 0 Å². The first kappa shape index (κ1) is 22.3. The highest BCUT2D eigenvalue weighted by Gasteiger charge is 2.40. The lowest BCUT2D eigenvalue weighted by atomic mass is 9.80. The molecule has 7 nitrogen and oxygen atoms in total. The number of rotatable bonds is 5. The van der Waals surface area contributed by atoms with Gasteiger partial charge in [-0.05, 0) is 68.1 Å². The number of allylic oxidation sites excluding steroid dienone is 1. The fourth-order valence-electron chi connectivity index (χ4n) is 6.58. The number of ether oxygens (including phenoxy) is 2. The van der Waals surface area contributed by atoms with Gasteiger partial charge in [-0.1, -0.05) is 31.6 Å². The van der Waals surface area contributed by atoms with Gasteiger partial charge >= 0.3 is 0 Å². The Morgan fingerprint density at radius 2 is 1.97 bits per heavy atom. The van der Waals surface area contributed by atoms with E-state index in [4.69, 9.17) is 9.47 Å². The first-order valence-electron chi connectivity index (χ1n) is 13.0. The van der Waals surface area contributed by atoms with E-state index in [2.05, 4.69) is 29.3 Å². The van der Waals surface area contributed by atoms with Crippen molar-refractivity contribution in [2.45, 2.75) is 94.9 Å². The number of benzene rings is 1. The Labute approximate surface area is 201 Å². The molecule has 182 valence electrons. The fourth-order valence-corrected chi connectivity index (χ4v) is 6.58. The lowest BCUT2D eigenvalue weighted by molar-refractivity contribution is -0.126. The van der Waals surface area contributed by atoms with E-state index in [0.29, 0.717) is 24.9 Å². The lowest BCUT2D eigenvalue weighted by Gasteiger charge is -2.38. The molecule has 6 rings (SSSR count). The molecule has 5 aliphatic rings. The van der Waals surface area contributed by atoms with Crippen molar-refractivity contribution < 1.29 is 19.1 Å². The zero-order valence-corrected chi connectivity index (χ0v) is 19.8. The molecule has 7 heteroatoms. The summed E-state index contributed by atoms with van der Waals surface area (Å²) < 4.78 is 11.8. The van der Waals surface area contributed by atoms with Crippen LogP contribution in [0.25, 0.3) is 0 Å². The third-order valence-electron chi connectivity index (χ3n) is 8.44. The number of amides is 2. The number of carbonyl (C=O) groups is 2. The maximum absolute atomic E-state index is 13.1. The molecule has 0 aromatic heterocycles. The molecular weight excluding hydrogens is 430 g/mol. The Kier molecular flexibility index (Phi) is 5.95. The second-order valence-electron chi connectivity index (χ2n) is 10.7. The van der Waals surface area contributed by atoms with Crippen LogP contribution in [0, 0.1) is 5.92 Å². The summed E-state index contributed by atoms with van der Waals surface area (Å²) in [5.74, 6) is 0.422. The van der Waals surface area contributed by atoms with Crippen molar-refractivity contribution in [3.8, 4) is 0 Å². The number of fused-ring (bicyclic) bond motifs is 3. The van der Waals surface area contributed by atoms with E-state index in [-0.39, 0.29) is 30.3 Å². The van der Waals surface area contributed by atoms with Gasteiger partial charge in [0.25, 0.3) is 5.91 Å². The van der Waals surface area contributed by atoms with Crippen LogP contribution in [0.2, 0.25) is 0 Å². The van der Waals surface area contributed by atoms with Gasteiger partial charge in [-0.3, -0.25) is 9.59 Å². The minimum absolute atomic E-state index is 0.0291. The van der Waals surface area contributed by atoms with Gasteiger partial charge in [0.2, 0.25) is 5.91 Å². The topological polar surface area (TPSA) is 79.9 Å². The third kappa shape index (κ3) is 4.18. The van der Waals surface area contributed by atoms with Crippen LogP contribution in [0.15, 0.2) is 30.5 Å². The average molecular weight is 466 g/mol. The summed E-state index contributed by atoms with van der Waals surface area (Å²) in [6.07, 6.45) is 9.70. The summed E-state index contributed by atoms with van der Waals surface area (Å²) >= 11 is 0. The Bertz CT molecular complexity index is 994. The number of hydrogen-bond acceptors (Lipinski definition) is 5. The molecule has 2 bridgehead atoms. The minimum atomic E-state index is -0.407. The summed E-state index contributed by atoms with van der Waals surface area (Å²) in [5.41, 5.74) is 3.81. The molecular formula is C27H35N3O4. The number of nitrogens with one attached hydrogen (secondary N) is 2. The average Bonchev–Trinajstić information content (AvgIpc) is 3.37. The summed E-state index contributed by atoms with van der Waals surface area (Å²) in [6, 6.07) is 6.63. The van der Waals surface area contributed by atoms with Crippen molar-refractivity contribution in [2.75, 3.05) is 6.61 Å². The summed E-state index contributed by atoms with van der Waals surface area (Å²) in [6.45, 7) is 5.10. The van der Waals surface area contributed by atoms with Crippen molar-refractivity contribution in [1.29, 1.82) is 0 Å². The molecule has 0 radical (unpaired) electrons. The normalized spacial score (nSPS) is 35.4. The summed E-state index contributed by atoms with van der Waals surface area (Å²) in [7, 11) is 0. The predicted octanol–water partition coefficient (Wildman–Crippen LogP) is 3.03. The molecule has 4 fully saturated rings. The van der Waals surface area contributed by atoms with Crippen LogP contribution in [-0.4, -0.2) is 53.8 Å². The van der Waals surface area contributed by atoms with Crippen molar-refractivity contribution in [3.63, 3.8) is 0 Å². The largest absolute Gasteiger partial charge is 0.348 e. The van der Waals surface area contributed by atoms with Crippen molar-refractivity contribution in [3.05, 3.63) is 47.2 Å². The van der Waals surface area contributed by atoms with Crippen molar-refractivity contribution in [2.24, 2.45) is 5.92 Å². The second kappa shape index (κ2) is 9.10. The highest BCUT2D eigenvalue weighted by atomic mass is 16.7. The van der Waals surface area contributed by atoms with Crippen LogP contribution >= 0.6 is 0 Å². The van der Waals surface area contributed by atoms with E-state index in [1.54, 1.807) is 4.90 Å². The zero-order valence-electron chi connectivity index (χ0n) is 19.8. The molecule has 4 aliphatic heterocycles. The summed E-state index contributed by atoms with van der Waals surface area (Å²) in [4.78, 5) is 27.3. The van der Waals surface area contributed by atoms with Gasteiger partial charge < -0.3 is 25.0 Å². The fraction of sp³-hybridized carbons (Fsp3) is 0.630. The second-order valence-corrected chi connectivity index (χ2v) is 10.7. The maximum atomic E-state index is 13.1. The molecule has 1 saturated carbocycles. The highest BCUT2D eigenvalue weighted by molar-refractivity contribution is 6.01. The highest BCUT2D eigenvalue weighted by Crippen LogP contribution is 2.34. The van der Waals surface area contributed by atoms with Crippen LogP contribution in [0.3, 0.4) is 0 Å². The standard InChI is InChI=1S/C27H35N3O4/c1-16-6-11-24(25(31)28-16)30-14-19-13-17(7-9-21(19)26(30)32)12-18-4-2-3-5-22(18)29-23-10-8-20-15-33-27(23)34-20/h7,9,13,18,20,22-24,27,29H,1-6,8,10-12,14-15H2,(H,28,31)/t18-,20?,22+,23?,24?,27?/m1/s1. The number of piperidine rings is 1. The van der Waals surface area contributed by atoms with Gasteiger partial charge in [-0.25, -0.2) is 0 Å². The van der Waals surface area contributed by atoms with Gasteiger partial charge in [0.05, 0.1) is 18.8 Å². The molecule has 3 saturated heterocycles. The smallest absolute Gasteiger partial charge is 0.255 e. The molecule has 0 spiro atoms. The Morgan fingerprint density at radius 3 is 2.85 bits per heavy atom. The molecule has 2 N–H and O–H groups in total. The maximum Gasteiger partial charge on any atom is 0.255 e. The minimum Gasteiger partial charge on any atom is -0.348 e. The first-order valence-corrected chi connectivity index (χ1v) is 13.0. The van der Waals surface area contributed by atoms with E-state index in [0.717, 1.165) is 49.1 Å². The predicted molar refractivity (Wildman–Crippen MR) is 127 cm³/mol. The molecule has 34 heavy (non-hydrogen) atoms. The van der Waals surface area contributed by atoms with Crippen LogP contribution in [-0.2, 0) is 27.2 Å². The number of carbonyl (C=O) groups excluding carboxylic acids is 2. The third-order valence-corrected chi connectivity index (χ3v) is 8.44. The van der Waals surface area contributed by atoms with Gasteiger partial charge in [0.15, 0.2) is 6.29 Å². The van der Waals surface area contributed by atoms with Crippen LogP contribution < -0.4 is 10.6 Å². The van der Waals surface area contributed by atoms with Crippen LogP contribution in [0.1, 0.15) is 72.9 Å². The zero-order chi connectivity index (χ0) is 23.2. The molecule has 6 atom stereocenters. The van der Waals surface area contributed by atoms with E-state index in [1.807, 2.05) is 6.07 Å². The van der Waals surface area contributed by atoms with Gasteiger partial charge in [-0.2, -0.15) is 0 Å². The van der Waals surface area contributed by atoms with Gasteiger partial charge in [-0.15, -0.1) is 0 Å². The van der Waals surface area contributed by atoms with Crippen LogP contribution in [0.5, 0.6) is 0 Å². The molecule has 2 amide bonds.